The van der Waals surface area contributed by atoms with Gasteiger partial charge in [0, 0.05) is 13.1 Å². The molecule has 0 saturated carbocycles. The van der Waals surface area contributed by atoms with Gasteiger partial charge in [-0.25, -0.2) is 0 Å². The molecule has 0 aliphatic rings. The Morgan fingerprint density at radius 2 is 2.00 bits per heavy atom. The van der Waals surface area contributed by atoms with Crippen LogP contribution in [0.3, 0.4) is 0 Å². The number of nitrogens with two attached hydrogens (primary N) is 2. The molecule has 0 bridgehead atoms. The molecule has 4 N–H and O–H groups in total. The van der Waals surface area contributed by atoms with Gasteiger partial charge < -0.3 is 11.5 Å². The average molecular weight is 176 g/mol. The van der Waals surface area contributed by atoms with Gasteiger partial charge in [0.15, 0.2) is 0 Å². The van der Waals surface area contributed by atoms with Gasteiger partial charge in [-0.05, 0) is 11.4 Å². The minimum Gasteiger partial charge on any atom is -0.329 e. The molecule has 0 aliphatic heterocycles. The van der Waals surface area contributed by atoms with E-state index in [4.69, 9.17) is 11.5 Å². The summed E-state index contributed by atoms with van der Waals surface area (Å²) in [6.07, 6.45) is 0. The van der Waals surface area contributed by atoms with Crippen LogP contribution in [0, 0.1) is 0 Å². The predicted molar refractivity (Wildman–Crippen MR) is 49.7 cm³/mol. The van der Waals surface area contributed by atoms with E-state index in [9.17, 15) is 0 Å². The van der Waals surface area contributed by atoms with Gasteiger partial charge in [0.25, 0.3) is 0 Å². The highest BCUT2D eigenvalue weighted by molar-refractivity contribution is 7.82. The Labute approximate surface area is 70.6 Å². The highest BCUT2D eigenvalue weighted by Crippen LogP contribution is 2.11. The van der Waals surface area contributed by atoms with Crippen molar-refractivity contribution in [3.8, 4) is 0 Å². The summed E-state index contributed by atoms with van der Waals surface area (Å²) in [5.74, 6) is 0. The van der Waals surface area contributed by atoms with Crippen LogP contribution in [0.15, 0.2) is 21.7 Å². The molecule has 1 aromatic heterocycles. The van der Waals surface area contributed by atoms with Crippen molar-refractivity contribution in [2.45, 2.75) is 4.21 Å². The topological polar surface area (TPSA) is 52.0 Å². The van der Waals surface area contributed by atoms with Gasteiger partial charge in [-0.1, -0.05) is 6.07 Å². The summed E-state index contributed by atoms with van der Waals surface area (Å²) in [6, 6.07) is 3.95. The van der Waals surface area contributed by atoms with Crippen molar-refractivity contribution in [2.24, 2.45) is 11.5 Å². The molecule has 0 unspecified atom stereocenters. The lowest BCUT2D eigenvalue weighted by molar-refractivity contribution is 0.976. The van der Waals surface area contributed by atoms with Crippen LogP contribution in [0.5, 0.6) is 0 Å². The normalized spacial score (nSPS) is 8.30. The Balaban J connectivity index is 0.000000180. The Kier molecular flexibility index (Phi) is 7.06. The standard InChI is InChI=1S/C4H4S2.C2H8N2/c5-4-2-1-3-6-4;3-1-2-4/h1-3,5H;1-4H2. The third-order valence-electron chi connectivity index (χ3n) is 0.673. The highest BCUT2D eigenvalue weighted by Gasteiger charge is 1.75. The largest absolute Gasteiger partial charge is 0.329 e. The maximum atomic E-state index is 4.90. The second-order valence-corrected chi connectivity index (χ2v) is 3.26. The molecular formula is C6H12N2S2. The zero-order chi connectivity index (χ0) is 7.82. The van der Waals surface area contributed by atoms with Crippen molar-refractivity contribution >= 4 is 24.0 Å². The summed E-state index contributed by atoms with van der Waals surface area (Å²) in [4.78, 5) is 0. The van der Waals surface area contributed by atoms with E-state index in [0.29, 0.717) is 13.1 Å². The molecule has 0 saturated heterocycles. The molecule has 0 spiro atoms. The van der Waals surface area contributed by atoms with Crippen LogP contribution in [-0.2, 0) is 0 Å². The minimum absolute atomic E-state index is 0.597. The van der Waals surface area contributed by atoms with Crippen LogP contribution in [0.1, 0.15) is 0 Å². The van der Waals surface area contributed by atoms with E-state index in [-0.39, 0.29) is 0 Å². The predicted octanol–water partition coefficient (Wildman–Crippen LogP) is 0.941. The van der Waals surface area contributed by atoms with E-state index < -0.39 is 0 Å². The first-order valence-corrected chi connectivity index (χ1v) is 4.26. The molecule has 0 fully saturated rings. The van der Waals surface area contributed by atoms with Crippen molar-refractivity contribution in [3.05, 3.63) is 17.5 Å². The van der Waals surface area contributed by atoms with Crippen molar-refractivity contribution in [3.63, 3.8) is 0 Å². The monoisotopic (exact) mass is 176 g/mol. The number of thiophene rings is 1. The molecule has 0 amide bonds. The van der Waals surface area contributed by atoms with Gasteiger partial charge in [0.2, 0.25) is 0 Å². The number of hydrogen-bond donors (Lipinski definition) is 3. The van der Waals surface area contributed by atoms with Gasteiger partial charge in [-0.3, -0.25) is 0 Å². The van der Waals surface area contributed by atoms with Crippen LogP contribution < -0.4 is 11.5 Å². The summed E-state index contributed by atoms with van der Waals surface area (Å²) in [7, 11) is 0. The molecule has 58 valence electrons. The summed E-state index contributed by atoms with van der Waals surface area (Å²) in [5, 5.41) is 2.00. The third-order valence-corrected chi connectivity index (χ3v) is 1.81. The van der Waals surface area contributed by atoms with E-state index in [0.717, 1.165) is 4.21 Å². The number of thiol groups is 1. The lowest BCUT2D eigenvalue weighted by Crippen LogP contribution is -2.11. The smallest absolute Gasteiger partial charge is 0.0567 e. The fraction of sp³-hybridized carbons (Fsp3) is 0.333. The summed E-state index contributed by atoms with van der Waals surface area (Å²) < 4.78 is 1.08. The van der Waals surface area contributed by atoms with Crippen LogP contribution in [0.2, 0.25) is 0 Å². The molecular weight excluding hydrogens is 164 g/mol. The molecule has 2 nitrogen and oxygen atoms in total. The zero-order valence-electron chi connectivity index (χ0n) is 5.66. The zero-order valence-corrected chi connectivity index (χ0v) is 7.37. The van der Waals surface area contributed by atoms with Gasteiger partial charge >= 0.3 is 0 Å². The Bertz CT molecular complexity index is 137. The van der Waals surface area contributed by atoms with Gasteiger partial charge in [0.05, 0.1) is 4.21 Å². The van der Waals surface area contributed by atoms with E-state index in [1.165, 1.54) is 0 Å². The fourth-order valence-electron chi connectivity index (χ4n) is 0.270. The summed E-state index contributed by atoms with van der Waals surface area (Å²) in [6.45, 7) is 1.19. The first-order valence-electron chi connectivity index (χ1n) is 2.94. The molecule has 10 heavy (non-hydrogen) atoms. The molecule has 1 aromatic rings. The molecule has 0 radical (unpaired) electrons. The Morgan fingerprint density at radius 1 is 1.40 bits per heavy atom. The second kappa shape index (κ2) is 7.08. The van der Waals surface area contributed by atoms with Gasteiger partial charge in [-0.2, -0.15) is 0 Å². The minimum atomic E-state index is 0.597. The SMILES string of the molecule is NCCN.Sc1cccs1. The van der Waals surface area contributed by atoms with Gasteiger partial charge in [0.1, 0.15) is 0 Å². The molecule has 1 heterocycles. The number of rotatable bonds is 1. The van der Waals surface area contributed by atoms with Crippen molar-refractivity contribution < 1.29 is 0 Å². The second-order valence-electron chi connectivity index (χ2n) is 1.53. The lowest BCUT2D eigenvalue weighted by Gasteiger charge is -1.72. The van der Waals surface area contributed by atoms with E-state index in [2.05, 4.69) is 12.6 Å². The van der Waals surface area contributed by atoms with Gasteiger partial charge in [-0.15, -0.1) is 24.0 Å². The Morgan fingerprint density at radius 3 is 2.10 bits per heavy atom. The maximum absolute atomic E-state index is 4.90. The molecule has 0 atom stereocenters. The first kappa shape index (κ1) is 9.97. The Hall–Kier alpha value is -0.0300. The molecule has 0 aliphatic carbocycles. The summed E-state index contributed by atoms with van der Waals surface area (Å²) >= 11 is 5.70. The highest BCUT2D eigenvalue weighted by atomic mass is 32.2. The molecule has 0 aromatic carbocycles. The van der Waals surface area contributed by atoms with Crippen molar-refractivity contribution in [2.75, 3.05) is 13.1 Å². The van der Waals surface area contributed by atoms with E-state index in [1.54, 1.807) is 11.3 Å². The van der Waals surface area contributed by atoms with E-state index in [1.807, 2.05) is 17.5 Å². The number of hydrogen-bond acceptors (Lipinski definition) is 4. The quantitative estimate of drug-likeness (QED) is 0.558. The maximum Gasteiger partial charge on any atom is 0.0567 e. The van der Waals surface area contributed by atoms with E-state index >= 15 is 0 Å². The lowest BCUT2D eigenvalue weighted by atomic mass is 10.7. The van der Waals surface area contributed by atoms with Crippen molar-refractivity contribution in [1.29, 1.82) is 0 Å². The summed E-state index contributed by atoms with van der Waals surface area (Å²) in [5.41, 5.74) is 9.81. The first-order chi connectivity index (χ1) is 4.81. The average Bonchev–Trinajstić information content (AvgIpc) is 2.40. The van der Waals surface area contributed by atoms with Crippen LogP contribution in [-0.4, -0.2) is 13.1 Å². The van der Waals surface area contributed by atoms with Crippen LogP contribution >= 0.6 is 24.0 Å². The van der Waals surface area contributed by atoms with Crippen molar-refractivity contribution in [1.82, 2.24) is 0 Å². The fourth-order valence-corrected chi connectivity index (χ4v) is 0.992. The third kappa shape index (κ3) is 6.10. The van der Waals surface area contributed by atoms with Crippen LogP contribution in [0.4, 0.5) is 0 Å². The molecule has 4 heteroatoms. The van der Waals surface area contributed by atoms with Crippen LogP contribution in [0.25, 0.3) is 0 Å². The molecule has 1 rings (SSSR count).